The Morgan fingerprint density at radius 3 is 2.48 bits per heavy atom. The van der Waals surface area contributed by atoms with Crippen LogP contribution in [0.1, 0.15) is 6.42 Å². The zero-order chi connectivity index (χ0) is 21.0. The number of ether oxygens (including phenoxy) is 1. The predicted molar refractivity (Wildman–Crippen MR) is 93.8 cm³/mol. The van der Waals surface area contributed by atoms with Crippen molar-refractivity contribution in [3.63, 3.8) is 0 Å². The monoisotopic (exact) mass is 451 g/mol. The van der Waals surface area contributed by atoms with Gasteiger partial charge in [0.05, 0.1) is 12.5 Å². The van der Waals surface area contributed by atoms with Crippen molar-refractivity contribution >= 4 is 39.7 Å². The molecule has 27 heavy (non-hydrogen) atoms. The number of aliphatic hydroxyl groups excluding tert-OH is 4. The van der Waals surface area contributed by atoms with Crippen LogP contribution in [-0.2, 0) is 35.0 Å². The zero-order valence-electron chi connectivity index (χ0n) is 13.9. The molecule has 1 heterocycles. The van der Waals surface area contributed by atoms with Crippen LogP contribution in [0.5, 0.6) is 0 Å². The summed E-state index contributed by atoms with van der Waals surface area (Å²) in [6, 6.07) is 0. The molecule has 7 unspecified atom stereocenters. The maximum atomic E-state index is 12.3. The molecule has 0 spiro atoms. The Hall–Kier alpha value is -0.620. The lowest BCUT2D eigenvalue weighted by Gasteiger charge is -2.48. The third-order valence-corrected chi connectivity index (χ3v) is 5.27. The van der Waals surface area contributed by atoms with Gasteiger partial charge in [-0.3, -0.25) is 13.6 Å². The van der Waals surface area contributed by atoms with Crippen LogP contribution < -0.4 is 5.48 Å². The molecule has 0 radical (unpaired) electrons. The number of carbonyl (C=O) groups excluding carboxylic acids is 1. The van der Waals surface area contributed by atoms with Crippen molar-refractivity contribution in [2.24, 2.45) is 5.92 Å². The van der Waals surface area contributed by atoms with Crippen LogP contribution in [-0.4, -0.2) is 85.7 Å². The highest BCUT2D eigenvalue weighted by atomic mass is 32.3. The van der Waals surface area contributed by atoms with E-state index in [4.69, 9.17) is 9.29 Å². The van der Waals surface area contributed by atoms with Gasteiger partial charge in [-0.05, 0) is 11.8 Å². The van der Waals surface area contributed by atoms with Gasteiger partial charge in [0.1, 0.15) is 24.4 Å². The summed E-state index contributed by atoms with van der Waals surface area (Å²) in [5.41, 5.74) is 1.43. The summed E-state index contributed by atoms with van der Waals surface area (Å²) in [5.74, 6) is -2.82. The van der Waals surface area contributed by atoms with E-state index in [2.05, 4.69) is 16.9 Å². The van der Waals surface area contributed by atoms with Crippen molar-refractivity contribution in [2.45, 2.75) is 35.8 Å². The molecular formula is C12H21NO11S3. The van der Waals surface area contributed by atoms with E-state index in [9.17, 15) is 37.8 Å². The van der Waals surface area contributed by atoms with Crippen LogP contribution in [0.3, 0.4) is 0 Å². The fraction of sp³-hybridized carbons (Fsp3) is 0.750. The van der Waals surface area contributed by atoms with E-state index >= 15 is 0 Å². The second-order valence-corrected chi connectivity index (χ2v) is 8.64. The standard InChI is InChI=1S/C12H21NO11S3/c1-26(19)4-2-3-6(11(18)13-24-27(20,21)22)12(25)10(17)9(16)8(15)7(5-14)23-12/h2,4,6-10,14-17,25H,3,5H2,1H3,(H,13,18)(H,20,21,22). The van der Waals surface area contributed by atoms with Gasteiger partial charge in [-0.15, -0.1) is 16.9 Å². The number of carbonyl (C=O) groups is 1. The van der Waals surface area contributed by atoms with E-state index in [0.717, 1.165) is 0 Å². The van der Waals surface area contributed by atoms with E-state index < -0.39 is 69.0 Å². The van der Waals surface area contributed by atoms with Crippen molar-refractivity contribution in [2.75, 3.05) is 12.9 Å². The van der Waals surface area contributed by atoms with Gasteiger partial charge >= 0.3 is 10.4 Å². The van der Waals surface area contributed by atoms with Crippen molar-refractivity contribution in [3.05, 3.63) is 11.5 Å². The molecule has 15 heteroatoms. The lowest BCUT2D eigenvalue weighted by Crippen LogP contribution is -2.66. The van der Waals surface area contributed by atoms with Crippen LogP contribution in [0.4, 0.5) is 0 Å². The third kappa shape index (κ3) is 6.45. The van der Waals surface area contributed by atoms with Crippen molar-refractivity contribution < 1.29 is 51.4 Å². The van der Waals surface area contributed by atoms with Gasteiger partial charge in [0.2, 0.25) is 0 Å². The van der Waals surface area contributed by atoms with Gasteiger partial charge in [-0.1, -0.05) is 6.08 Å². The molecule has 7 atom stereocenters. The molecule has 158 valence electrons. The van der Waals surface area contributed by atoms with E-state index in [1.165, 1.54) is 23.2 Å². The summed E-state index contributed by atoms with van der Waals surface area (Å²) < 4.78 is 50.1. The number of amides is 1. The first-order valence-corrected chi connectivity index (χ1v) is 10.8. The minimum absolute atomic E-state index is 0.332. The Morgan fingerprint density at radius 2 is 2.00 bits per heavy atom. The Labute approximate surface area is 162 Å². The first kappa shape index (κ1) is 24.4. The number of allylic oxidation sites excluding steroid dienone is 1. The molecular weight excluding hydrogens is 430 g/mol. The molecule has 1 saturated heterocycles. The summed E-state index contributed by atoms with van der Waals surface area (Å²) in [5, 5.41) is 40.5. The maximum Gasteiger partial charge on any atom is 0.418 e. The molecule has 1 fully saturated rings. The molecule has 1 amide bonds. The van der Waals surface area contributed by atoms with Crippen LogP contribution in [0, 0.1) is 5.92 Å². The largest absolute Gasteiger partial charge is 0.418 e. The first-order chi connectivity index (χ1) is 12.3. The van der Waals surface area contributed by atoms with Crippen LogP contribution in [0.15, 0.2) is 11.5 Å². The predicted octanol–water partition coefficient (Wildman–Crippen LogP) is -3.16. The van der Waals surface area contributed by atoms with E-state index in [1.54, 1.807) is 0 Å². The van der Waals surface area contributed by atoms with Crippen molar-refractivity contribution in [1.82, 2.24) is 5.48 Å². The molecule has 0 saturated carbocycles. The maximum absolute atomic E-state index is 12.3. The highest BCUT2D eigenvalue weighted by Crippen LogP contribution is 2.41. The summed E-state index contributed by atoms with van der Waals surface area (Å²) in [6.45, 7) is -0.794. The topological polar surface area (TPSA) is 200 Å². The van der Waals surface area contributed by atoms with Crippen LogP contribution >= 0.6 is 12.6 Å². The molecule has 12 nitrogen and oxygen atoms in total. The van der Waals surface area contributed by atoms with Gasteiger partial charge in [-0.2, -0.15) is 8.42 Å². The quantitative estimate of drug-likeness (QED) is 0.112. The number of hydroxylamine groups is 1. The molecule has 1 aliphatic rings. The Bertz CT molecular complexity index is 682. The van der Waals surface area contributed by atoms with E-state index in [-0.39, 0.29) is 6.42 Å². The second kappa shape index (κ2) is 9.73. The average Bonchev–Trinajstić information content (AvgIpc) is 2.57. The molecule has 0 aliphatic carbocycles. The minimum atomic E-state index is -5.04. The molecule has 0 aromatic rings. The van der Waals surface area contributed by atoms with Gasteiger partial charge in [0.25, 0.3) is 5.91 Å². The third-order valence-electron chi connectivity index (χ3n) is 3.72. The Balaban J connectivity index is 3.21. The number of aliphatic hydroxyl groups is 4. The smallest absolute Gasteiger partial charge is 0.394 e. The average molecular weight is 451 g/mol. The lowest BCUT2D eigenvalue weighted by atomic mass is 9.85. The number of hydrogen-bond acceptors (Lipinski definition) is 11. The normalized spacial score (nSPS) is 34.3. The van der Waals surface area contributed by atoms with E-state index in [0.29, 0.717) is 0 Å². The van der Waals surface area contributed by atoms with Crippen molar-refractivity contribution in [1.29, 1.82) is 0 Å². The summed E-state index contributed by atoms with van der Waals surface area (Å²) in [4.78, 5) is 10.1. The Morgan fingerprint density at radius 1 is 1.41 bits per heavy atom. The molecule has 0 aromatic heterocycles. The number of rotatable bonds is 8. The fourth-order valence-electron chi connectivity index (χ4n) is 2.42. The first-order valence-electron chi connectivity index (χ1n) is 7.33. The van der Waals surface area contributed by atoms with Crippen LogP contribution in [0.2, 0.25) is 0 Å². The van der Waals surface area contributed by atoms with Crippen LogP contribution in [0.25, 0.3) is 0 Å². The Kier molecular flexibility index (Phi) is 8.80. The molecule has 0 bridgehead atoms. The summed E-state index contributed by atoms with van der Waals surface area (Å²) in [7, 11) is -6.44. The SMILES string of the molecule is CS(=O)C=CCC(C(=O)NOS(=O)(=O)O)C1(S)OC(CO)C(O)C(O)C1O. The van der Waals surface area contributed by atoms with Gasteiger partial charge < -0.3 is 25.2 Å². The zero-order valence-corrected chi connectivity index (χ0v) is 16.4. The second-order valence-electron chi connectivity index (χ2n) is 5.65. The fourth-order valence-corrected chi connectivity index (χ4v) is 3.50. The molecule has 0 aromatic carbocycles. The van der Waals surface area contributed by atoms with Gasteiger partial charge in [0, 0.05) is 17.1 Å². The lowest BCUT2D eigenvalue weighted by molar-refractivity contribution is -0.253. The summed E-state index contributed by atoms with van der Waals surface area (Å²) in [6.07, 6.45) is -4.70. The van der Waals surface area contributed by atoms with Gasteiger partial charge in [0.15, 0.2) is 4.93 Å². The number of hydrogen-bond donors (Lipinski definition) is 7. The molecule has 1 aliphatic heterocycles. The number of thiol groups is 1. The molecule has 6 N–H and O–H groups in total. The number of nitrogens with one attached hydrogen (secondary N) is 1. The van der Waals surface area contributed by atoms with E-state index in [1.807, 2.05) is 0 Å². The van der Waals surface area contributed by atoms with Crippen molar-refractivity contribution in [3.8, 4) is 0 Å². The highest BCUT2D eigenvalue weighted by Gasteiger charge is 2.57. The van der Waals surface area contributed by atoms with Gasteiger partial charge in [-0.25, -0.2) is 5.48 Å². The minimum Gasteiger partial charge on any atom is -0.394 e. The molecule has 1 rings (SSSR count). The highest BCUT2D eigenvalue weighted by molar-refractivity contribution is 7.87. The summed E-state index contributed by atoms with van der Waals surface area (Å²) >= 11 is 4.09.